The minimum atomic E-state index is -1.30. The maximum Gasteiger partial charge on any atom is 0.183 e. The van der Waals surface area contributed by atoms with Gasteiger partial charge < -0.3 is 4.43 Å². The largest absolute Gasteiger partial charge is 0.418 e. The maximum atomic E-state index is 5.88. The van der Waals surface area contributed by atoms with E-state index < -0.39 is 8.32 Å². The quantitative estimate of drug-likeness (QED) is 0.447. The molecule has 0 aliphatic heterocycles. The van der Waals surface area contributed by atoms with Crippen molar-refractivity contribution < 1.29 is 4.43 Å². The molecule has 1 nitrogen and oxygen atoms in total. The highest BCUT2D eigenvalue weighted by Crippen LogP contribution is 2.33. The van der Waals surface area contributed by atoms with Gasteiger partial charge in [0.15, 0.2) is 8.32 Å². The maximum absolute atomic E-state index is 5.88. The van der Waals surface area contributed by atoms with Crippen LogP contribution in [-0.4, -0.2) is 14.9 Å². The zero-order valence-corrected chi connectivity index (χ0v) is 14.2. The summed E-state index contributed by atoms with van der Waals surface area (Å²) in [6, 6.07) is 8.79. The Morgan fingerprint density at radius 2 is 1.75 bits per heavy atom. The second kappa shape index (κ2) is 7.23. The average molecular weight is 289 g/mol. The van der Waals surface area contributed by atoms with Crippen molar-refractivity contribution in [2.24, 2.45) is 0 Å². The third-order valence-corrected chi connectivity index (χ3v) is 4.92. The van der Waals surface area contributed by atoms with E-state index in [2.05, 4.69) is 56.1 Å². The monoisotopic (exact) mass is 288 g/mol. The number of fused-ring (bicyclic) bond motifs is 1. The van der Waals surface area contributed by atoms with Crippen LogP contribution in [0.15, 0.2) is 30.3 Å². The van der Waals surface area contributed by atoms with E-state index in [4.69, 9.17) is 4.43 Å². The van der Waals surface area contributed by atoms with E-state index in [1.165, 1.54) is 43.2 Å². The van der Waals surface area contributed by atoms with E-state index in [0.717, 1.165) is 6.61 Å². The van der Waals surface area contributed by atoms with E-state index in [1.807, 2.05) is 0 Å². The lowest BCUT2D eigenvalue weighted by molar-refractivity contribution is 0.298. The molecule has 0 fully saturated rings. The predicted octanol–water partition coefficient (Wildman–Crippen LogP) is 5.60. The highest BCUT2D eigenvalue weighted by Gasteiger charge is 2.16. The molecule has 2 rings (SSSR count). The van der Waals surface area contributed by atoms with Crippen molar-refractivity contribution >= 4 is 14.4 Å². The molecule has 0 amide bonds. The Hall–Kier alpha value is -0.863. The molecule has 2 heteroatoms. The minimum absolute atomic E-state index is 0.657. The van der Waals surface area contributed by atoms with Crippen LogP contribution < -0.4 is 0 Å². The minimum Gasteiger partial charge on any atom is -0.418 e. The van der Waals surface area contributed by atoms with Crippen LogP contribution in [0.2, 0.25) is 19.6 Å². The van der Waals surface area contributed by atoms with Crippen LogP contribution in [0.3, 0.4) is 0 Å². The fraction of sp³-hybridized carbons (Fsp3) is 0.556. The first-order chi connectivity index (χ1) is 9.56. The van der Waals surface area contributed by atoms with E-state index >= 15 is 0 Å². The molecule has 1 unspecified atom stereocenters. The Morgan fingerprint density at radius 3 is 2.55 bits per heavy atom. The molecular weight excluding hydrogens is 260 g/mol. The second-order valence-electron chi connectivity index (χ2n) is 6.76. The van der Waals surface area contributed by atoms with Gasteiger partial charge in [-0.25, -0.2) is 0 Å². The molecule has 1 aliphatic rings. The van der Waals surface area contributed by atoms with Gasteiger partial charge in [-0.2, -0.15) is 0 Å². The summed E-state index contributed by atoms with van der Waals surface area (Å²) in [4.78, 5) is 0. The lowest BCUT2D eigenvalue weighted by Crippen LogP contribution is -2.25. The first-order valence-corrected chi connectivity index (χ1v) is 11.4. The van der Waals surface area contributed by atoms with Gasteiger partial charge in [0.05, 0.1) is 0 Å². The van der Waals surface area contributed by atoms with Crippen molar-refractivity contribution in [3.63, 3.8) is 0 Å². The van der Waals surface area contributed by atoms with Crippen LogP contribution in [0, 0.1) is 0 Å². The summed E-state index contributed by atoms with van der Waals surface area (Å²) in [6.45, 7) is 7.74. The molecular formula is C18H28OSi. The van der Waals surface area contributed by atoms with Crippen LogP contribution in [0.25, 0.3) is 6.08 Å². The Labute approximate surface area is 125 Å². The highest BCUT2D eigenvalue weighted by atomic mass is 28.4. The van der Waals surface area contributed by atoms with Gasteiger partial charge >= 0.3 is 0 Å². The van der Waals surface area contributed by atoms with Crippen LogP contribution in [0.4, 0.5) is 0 Å². The van der Waals surface area contributed by atoms with Crippen molar-refractivity contribution in [1.82, 2.24) is 0 Å². The number of rotatable bonds is 8. The molecule has 1 aromatic carbocycles. The summed E-state index contributed by atoms with van der Waals surface area (Å²) in [7, 11) is -1.30. The van der Waals surface area contributed by atoms with Gasteiger partial charge in [0, 0.05) is 12.5 Å². The predicted molar refractivity (Wildman–Crippen MR) is 90.6 cm³/mol. The van der Waals surface area contributed by atoms with Gasteiger partial charge in [-0.3, -0.25) is 0 Å². The Bertz CT molecular complexity index is 445. The van der Waals surface area contributed by atoms with Crippen molar-refractivity contribution in [3.8, 4) is 0 Å². The van der Waals surface area contributed by atoms with Crippen LogP contribution in [0.5, 0.6) is 0 Å². The Morgan fingerprint density at radius 1 is 1.00 bits per heavy atom. The smallest absolute Gasteiger partial charge is 0.183 e. The van der Waals surface area contributed by atoms with Crippen molar-refractivity contribution in [2.45, 2.75) is 57.7 Å². The Kier molecular flexibility index (Phi) is 5.61. The molecule has 0 saturated heterocycles. The normalized spacial score (nSPS) is 17.4. The standard InChI is InChI=1S/C18H28OSi/c1-20(2,3)19-15-9-5-4-6-10-16-13-14-17-11-7-8-12-18(16)17/h7-8,11-14,16H,4-6,9-10,15H2,1-3H3. The lowest BCUT2D eigenvalue weighted by Gasteiger charge is -2.16. The van der Waals surface area contributed by atoms with Gasteiger partial charge in [0.1, 0.15) is 0 Å². The second-order valence-corrected chi connectivity index (χ2v) is 11.3. The zero-order valence-electron chi connectivity index (χ0n) is 13.2. The molecule has 0 saturated carbocycles. The summed E-state index contributed by atoms with van der Waals surface area (Å²) in [5, 5.41) is 0. The van der Waals surface area contributed by atoms with Crippen molar-refractivity contribution in [1.29, 1.82) is 0 Å². The molecule has 1 atom stereocenters. The number of benzene rings is 1. The fourth-order valence-corrected chi connectivity index (χ4v) is 3.53. The number of allylic oxidation sites excluding steroid dienone is 1. The van der Waals surface area contributed by atoms with Crippen LogP contribution >= 0.6 is 0 Å². The molecule has 1 aliphatic carbocycles. The van der Waals surface area contributed by atoms with Gasteiger partial charge in [-0.15, -0.1) is 0 Å². The molecule has 0 N–H and O–H groups in total. The van der Waals surface area contributed by atoms with Crippen LogP contribution in [0.1, 0.15) is 49.1 Å². The topological polar surface area (TPSA) is 9.23 Å². The molecule has 0 heterocycles. The highest BCUT2D eigenvalue weighted by molar-refractivity contribution is 6.69. The van der Waals surface area contributed by atoms with Gasteiger partial charge in [-0.05, 0) is 43.6 Å². The van der Waals surface area contributed by atoms with E-state index in [0.29, 0.717) is 5.92 Å². The number of unbranched alkanes of at least 4 members (excludes halogenated alkanes) is 3. The van der Waals surface area contributed by atoms with E-state index in [-0.39, 0.29) is 0 Å². The molecule has 110 valence electrons. The third kappa shape index (κ3) is 4.91. The summed E-state index contributed by atoms with van der Waals surface area (Å²) in [6.07, 6.45) is 11.1. The fourth-order valence-electron chi connectivity index (χ4n) is 2.77. The summed E-state index contributed by atoms with van der Waals surface area (Å²) in [5.74, 6) is 0.657. The summed E-state index contributed by atoms with van der Waals surface area (Å²) < 4.78 is 5.88. The molecule has 0 spiro atoms. The lowest BCUT2D eigenvalue weighted by atomic mass is 9.95. The summed E-state index contributed by atoms with van der Waals surface area (Å²) in [5.41, 5.74) is 2.94. The SMILES string of the molecule is C[Si](C)(C)OCCCCCCC1C=Cc2ccccc21. The molecule has 0 radical (unpaired) electrons. The number of hydrogen-bond acceptors (Lipinski definition) is 1. The van der Waals surface area contributed by atoms with E-state index in [1.54, 1.807) is 0 Å². The van der Waals surface area contributed by atoms with Gasteiger partial charge in [-0.1, -0.05) is 55.7 Å². The van der Waals surface area contributed by atoms with Crippen molar-refractivity contribution in [2.75, 3.05) is 6.61 Å². The Balaban J connectivity index is 1.58. The first-order valence-electron chi connectivity index (χ1n) is 7.97. The first kappa shape index (κ1) is 15.5. The van der Waals surface area contributed by atoms with Gasteiger partial charge in [0.2, 0.25) is 0 Å². The summed E-state index contributed by atoms with van der Waals surface area (Å²) >= 11 is 0. The average Bonchev–Trinajstić information content (AvgIpc) is 2.80. The zero-order chi connectivity index (χ0) is 14.4. The van der Waals surface area contributed by atoms with Crippen LogP contribution in [-0.2, 0) is 4.43 Å². The molecule has 0 bridgehead atoms. The van der Waals surface area contributed by atoms with E-state index in [9.17, 15) is 0 Å². The van der Waals surface area contributed by atoms with Gasteiger partial charge in [0.25, 0.3) is 0 Å². The molecule has 20 heavy (non-hydrogen) atoms. The van der Waals surface area contributed by atoms with Crippen molar-refractivity contribution in [3.05, 3.63) is 41.5 Å². The molecule has 1 aromatic rings. The third-order valence-electron chi connectivity index (χ3n) is 3.85. The number of hydrogen-bond donors (Lipinski definition) is 0. The molecule has 0 aromatic heterocycles.